The van der Waals surface area contributed by atoms with E-state index >= 15 is 0 Å². The molecule has 2 heteroatoms. The molecule has 0 bridgehead atoms. The van der Waals surface area contributed by atoms with E-state index in [-0.39, 0.29) is 5.54 Å². The molecule has 0 amide bonds. The molecule has 0 aromatic rings. The first-order valence-electron chi connectivity index (χ1n) is 8.11. The number of hydrogen-bond donors (Lipinski definition) is 1. The molecule has 0 spiro atoms. The van der Waals surface area contributed by atoms with E-state index in [0.717, 1.165) is 18.6 Å². The van der Waals surface area contributed by atoms with E-state index in [9.17, 15) is 0 Å². The Morgan fingerprint density at radius 1 is 0.833 bits per heavy atom. The zero-order valence-electron chi connectivity index (χ0n) is 12.5. The van der Waals surface area contributed by atoms with Crippen molar-refractivity contribution in [3.8, 4) is 0 Å². The van der Waals surface area contributed by atoms with E-state index in [1.807, 2.05) is 0 Å². The van der Waals surface area contributed by atoms with Crippen LogP contribution in [-0.4, -0.2) is 29.1 Å². The molecule has 2 N–H and O–H groups in total. The molecule has 2 aliphatic carbocycles. The summed E-state index contributed by atoms with van der Waals surface area (Å²) in [6.45, 7) is 5.46. The van der Waals surface area contributed by atoms with Gasteiger partial charge in [-0.25, -0.2) is 0 Å². The molecule has 106 valence electrons. The van der Waals surface area contributed by atoms with Crippen LogP contribution in [0.3, 0.4) is 0 Å². The van der Waals surface area contributed by atoms with Crippen molar-refractivity contribution in [1.29, 1.82) is 0 Å². The molecule has 0 saturated heterocycles. The zero-order valence-corrected chi connectivity index (χ0v) is 12.5. The van der Waals surface area contributed by atoms with Crippen LogP contribution in [0.15, 0.2) is 0 Å². The molecule has 0 radical (unpaired) electrons. The summed E-state index contributed by atoms with van der Waals surface area (Å²) in [7, 11) is 0. The third kappa shape index (κ3) is 4.24. The second kappa shape index (κ2) is 6.38. The highest BCUT2D eigenvalue weighted by Crippen LogP contribution is 2.30. The van der Waals surface area contributed by atoms with Crippen LogP contribution in [0.5, 0.6) is 0 Å². The molecular formula is C16H32N2. The minimum atomic E-state index is -0.0467. The van der Waals surface area contributed by atoms with Crippen LogP contribution in [0.4, 0.5) is 0 Å². The fourth-order valence-electron chi connectivity index (χ4n) is 3.85. The molecule has 2 nitrogen and oxygen atoms in total. The quantitative estimate of drug-likeness (QED) is 0.827. The molecule has 0 unspecified atom stereocenters. The molecule has 0 atom stereocenters. The molecule has 0 heterocycles. The first kappa shape index (κ1) is 14.3. The Hall–Kier alpha value is -0.0800. The van der Waals surface area contributed by atoms with Gasteiger partial charge in [0.2, 0.25) is 0 Å². The molecule has 0 aliphatic heterocycles. The molecule has 2 saturated carbocycles. The van der Waals surface area contributed by atoms with Crippen LogP contribution in [0, 0.1) is 0 Å². The normalized spacial score (nSPS) is 24.7. The predicted molar refractivity (Wildman–Crippen MR) is 78.7 cm³/mol. The van der Waals surface area contributed by atoms with Crippen molar-refractivity contribution in [1.82, 2.24) is 4.90 Å². The van der Waals surface area contributed by atoms with Crippen LogP contribution < -0.4 is 5.73 Å². The van der Waals surface area contributed by atoms with Crippen LogP contribution in [0.25, 0.3) is 0 Å². The summed E-state index contributed by atoms with van der Waals surface area (Å²) in [6.07, 6.45) is 14.2. The monoisotopic (exact) mass is 252 g/mol. The average Bonchev–Trinajstić information content (AvgIpc) is 2.37. The summed E-state index contributed by atoms with van der Waals surface area (Å²) in [5.41, 5.74) is 6.26. The largest absolute Gasteiger partial charge is 0.324 e. The Morgan fingerprint density at radius 3 is 1.56 bits per heavy atom. The van der Waals surface area contributed by atoms with E-state index in [1.165, 1.54) is 64.2 Å². The van der Waals surface area contributed by atoms with Crippen molar-refractivity contribution in [2.75, 3.05) is 6.54 Å². The molecule has 2 aliphatic rings. The van der Waals surface area contributed by atoms with Crippen LogP contribution in [0.1, 0.15) is 78.1 Å². The summed E-state index contributed by atoms with van der Waals surface area (Å²) >= 11 is 0. The highest BCUT2D eigenvalue weighted by Gasteiger charge is 2.31. The summed E-state index contributed by atoms with van der Waals surface area (Å²) in [5.74, 6) is 0. The minimum Gasteiger partial charge on any atom is -0.324 e. The summed E-state index contributed by atoms with van der Waals surface area (Å²) in [5, 5.41) is 0. The van der Waals surface area contributed by atoms with Crippen molar-refractivity contribution >= 4 is 0 Å². The third-order valence-electron chi connectivity index (χ3n) is 4.68. The maximum Gasteiger partial charge on any atom is 0.0226 e. The van der Waals surface area contributed by atoms with Gasteiger partial charge in [0, 0.05) is 24.2 Å². The van der Waals surface area contributed by atoms with Gasteiger partial charge in [-0.1, -0.05) is 38.5 Å². The zero-order chi connectivity index (χ0) is 13.0. The number of rotatable bonds is 4. The summed E-state index contributed by atoms with van der Waals surface area (Å²) < 4.78 is 0. The van der Waals surface area contributed by atoms with Gasteiger partial charge in [-0.15, -0.1) is 0 Å². The Morgan fingerprint density at radius 2 is 1.22 bits per heavy atom. The minimum absolute atomic E-state index is 0.0467. The smallest absolute Gasteiger partial charge is 0.0226 e. The standard InChI is InChI=1S/C16H32N2/c1-16(2,17)13-18(14-9-5-3-6-10-14)15-11-7-4-8-12-15/h14-15H,3-13,17H2,1-2H3. The van der Waals surface area contributed by atoms with Gasteiger partial charge in [-0.05, 0) is 39.5 Å². The fourth-order valence-corrected chi connectivity index (χ4v) is 3.85. The van der Waals surface area contributed by atoms with Gasteiger partial charge in [0.05, 0.1) is 0 Å². The van der Waals surface area contributed by atoms with E-state index in [1.54, 1.807) is 0 Å². The van der Waals surface area contributed by atoms with E-state index in [0.29, 0.717) is 0 Å². The fraction of sp³-hybridized carbons (Fsp3) is 1.00. The number of nitrogens with zero attached hydrogens (tertiary/aromatic N) is 1. The first-order valence-corrected chi connectivity index (χ1v) is 8.11. The number of hydrogen-bond acceptors (Lipinski definition) is 2. The molecule has 18 heavy (non-hydrogen) atoms. The molecule has 0 aromatic carbocycles. The van der Waals surface area contributed by atoms with Gasteiger partial charge in [-0.3, -0.25) is 4.90 Å². The Bertz CT molecular complexity index is 214. The van der Waals surface area contributed by atoms with Gasteiger partial charge in [0.1, 0.15) is 0 Å². The van der Waals surface area contributed by atoms with Crippen LogP contribution >= 0.6 is 0 Å². The summed E-state index contributed by atoms with van der Waals surface area (Å²) in [6, 6.07) is 1.65. The lowest BCUT2D eigenvalue weighted by atomic mass is 9.87. The maximum atomic E-state index is 6.31. The van der Waals surface area contributed by atoms with E-state index in [2.05, 4.69) is 18.7 Å². The topological polar surface area (TPSA) is 29.3 Å². The number of nitrogens with two attached hydrogens (primary N) is 1. The van der Waals surface area contributed by atoms with Crippen molar-refractivity contribution in [3.63, 3.8) is 0 Å². The van der Waals surface area contributed by atoms with Gasteiger partial charge in [0.15, 0.2) is 0 Å². The van der Waals surface area contributed by atoms with Crippen LogP contribution in [-0.2, 0) is 0 Å². The molecule has 2 rings (SSSR count). The second-order valence-corrected chi connectivity index (χ2v) is 7.24. The Labute approximate surface area is 113 Å². The predicted octanol–water partition coefficient (Wildman–Crippen LogP) is 3.69. The average molecular weight is 252 g/mol. The third-order valence-corrected chi connectivity index (χ3v) is 4.68. The van der Waals surface area contributed by atoms with Gasteiger partial charge < -0.3 is 5.73 Å². The van der Waals surface area contributed by atoms with E-state index < -0.39 is 0 Å². The van der Waals surface area contributed by atoms with E-state index in [4.69, 9.17) is 5.73 Å². The lowest BCUT2D eigenvalue weighted by Crippen LogP contribution is -2.54. The SMILES string of the molecule is CC(C)(N)CN(C1CCCCC1)C1CCCCC1. The second-order valence-electron chi connectivity index (χ2n) is 7.24. The first-order chi connectivity index (χ1) is 8.56. The highest BCUT2D eigenvalue weighted by atomic mass is 15.2. The van der Waals surface area contributed by atoms with Crippen LogP contribution in [0.2, 0.25) is 0 Å². The van der Waals surface area contributed by atoms with Crippen molar-refractivity contribution in [2.45, 2.75) is 95.7 Å². The van der Waals surface area contributed by atoms with Crippen molar-refractivity contribution < 1.29 is 0 Å². The maximum absolute atomic E-state index is 6.31. The summed E-state index contributed by atoms with van der Waals surface area (Å²) in [4.78, 5) is 2.80. The lowest BCUT2D eigenvalue weighted by Gasteiger charge is -2.44. The Balaban J connectivity index is 2.00. The van der Waals surface area contributed by atoms with Gasteiger partial charge in [0.25, 0.3) is 0 Å². The lowest BCUT2D eigenvalue weighted by molar-refractivity contribution is 0.0629. The van der Waals surface area contributed by atoms with Crippen molar-refractivity contribution in [3.05, 3.63) is 0 Å². The Kier molecular flexibility index (Phi) is 5.08. The molecular weight excluding hydrogens is 220 g/mol. The van der Waals surface area contributed by atoms with Gasteiger partial charge in [-0.2, -0.15) is 0 Å². The van der Waals surface area contributed by atoms with Gasteiger partial charge >= 0.3 is 0 Å². The molecule has 2 fully saturated rings. The van der Waals surface area contributed by atoms with Crippen molar-refractivity contribution in [2.24, 2.45) is 5.73 Å². The molecule has 0 aromatic heterocycles. The highest BCUT2D eigenvalue weighted by molar-refractivity contribution is 4.88.